The molecule has 5 nitrogen and oxygen atoms in total. The zero-order valence-corrected chi connectivity index (χ0v) is 21.2. The van der Waals surface area contributed by atoms with Crippen molar-refractivity contribution in [3.05, 3.63) is 102 Å². The number of aromatic amines is 1. The molecule has 2 N–H and O–H groups in total. The monoisotopic (exact) mass is 478 g/mol. The number of rotatable bonds is 10. The van der Waals surface area contributed by atoms with Crippen molar-refractivity contribution in [3.8, 4) is 5.75 Å². The summed E-state index contributed by atoms with van der Waals surface area (Å²) in [5.74, 6) is 1.69. The smallest absolute Gasteiger partial charge is 0.131 e. The number of H-pyrrole nitrogens is 1. The number of methoxy groups -OCH3 is 1. The van der Waals surface area contributed by atoms with Crippen LogP contribution in [-0.2, 0) is 6.42 Å². The summed E-state index contributed by atoms with van der Waals surface area (Å²) < 4.78 is 5.61. The van der Waals surface area contributed by atoms with Crippen molar-refractivity contribution in [3.63, 3.8) is 0 Å². The molecule has 0 fully saturated rings. The first-order valence-electron chi connectivity index (χ1n) is 12.6. The van der Waals surface area contributed by atoms with Crippen LogP contribution in [0.15, 0.2) is 91.1 Å². The normalized spacial score (nSPS) is 13.2. The number of nitrogens with one attached hydrogen (secondary N) is 2. The second-order valence-corrected chi connectivity index (χ2v) is 9.45. The molecule has 5 rings (SSSR count). The van der Waals surface area contributed by atoms with Gasteiger partial charge in [-0.1, -0.05) is 60.7 Å². The number of hydrogen-bond donors (Lipinski definition) is 2. The van der Waals surface area contributed by atoms with Gasteiger partial charge in [-0.3, -0.25) is 4.90 Å². The second-order valence-electron chi connectivity index (χ2n) is 9.45. The molecule has 2 heterocycles. The fourth-order valence-corrected chi connectivity index (χ4v) is 5.00. The van der Waals surface area contributed by atoms with Gasteiger partial charge in [0.15, 0.2) is 0 Å². The molecule has 5 aromatic rings. The number of likely N-dealkylation sites (N-methyl/N-ethyl adjacent to an activating group) is 1. The number of para-hydroxylation sites is 2. The Morgan fingerprint density at radius 2 is 1.67 bits per heavy atom. The van der Waals surface area contributed by atoms with Crippen LogP contribution in [0.1, 0.15) is 30.5 Å². The predicted octanol–water partition coefficient (Wildman–Crippen LogP) is 6.83. The lowest BCUT2D eigenvalue weighted by atomic mass is 9.95. The van der Waals surface area contributed by atoms with Crippen molar-refractivity contribution in [2.45, 2.75) is 31.8 Å². The third kappa shape index (κ3) is 5.07. The minimum atomic E-state index is 0.262. The van der Waals surface area contributed by atoms with Crippen molar-refractivity contribution in [1.29, 1.82) is 0 Å². The number of anilines is 1. The van der Waals surface area contributed by atoms with Gasteiger partial charge in [-0.2, -0.15) is 0 Å². The van der Waals surface area contributed by atoms with Crippen molar-refractivity contribution < 1.29 is 4.74 Å². The standard InChI is InChI=1S/C31H34N4O/c1-22(17-18-32-31-20-30(36-3)25-14-8-10-16-28(25)34-31)35(2)29(19-23-11-5-4-6-12-23)26-21-33-27-15-9-7-13-24(26)27/h4-16,20-22,29,33H,17-19H2,1-3H3,(H,32,34). The zero-order chi connectivity index (χ0) is 24.9. The Morgan fingerprint density at radius 3 is 2.47 bits per heavy atom. The zero-order valence-electron chi connectivity index (χ0n) is 21.2. The van der Waals surface area contributed by atoms with Crippen LogP contribution < -0.4 is 10.1 Å². The van der Waals surface area contributed by atoms with Crippen LogP contribution in [0.3, 0.4) is 0 Å². The Labute approximate surface area is 213 Å². The SMILES string of the molecule is COc1cc(NCCC(C)N(C)C(Cc2ccccc2)c2c[nH]c3ccccc23)nc2ccccc12. The molecule has 0 amide bonds. The molecule has 0 bridgehead atoms. The maximum atomic E-state index is 5.61. The number of fused-ring (bicyclic) bond motifs is 2. The van der Waals surface area contributed by atoms with E-state index in [-0.39, 0.29) is 6.04 Å². The molecular formula is C31H34N4O. The fourth-order valence-electron chi connectivity index (χ4n) is 5.00. The van der Waals surface area contributed by atoms with Crippen molar-refractivity contribution in [2.75, 3.05) is 26.0 Å². The van der Waals surface area contributed by atoms with E-state index in [9.17, 15) is 0 Å². The molecule has 0 aliphatic heterocycles. The Bertz CT molecular complexity index is 1430. The van der Waals surface area contributed by atoms with E-state index >= 15 is 0 Å². The van der Waals surface area contributed by atoms with E-state index in [0.29, 0.717) is 6.04 Å². The Balaban J connectivity index is 1.32. The van der Waals surface area contributed by atoms with Crippen LogP contribution >= 0.6 is 0 Å². The number of nitrogens with zero attached hydrogens (tertiary/aromatic N) is 2. The summed E-state index contributed by atoms with van der Waals surface area (Å²) in [7, 11) is 3.96. The van der Waals surface area contributed by atoms with E-state index in [2.05, 4.69) is 90.0 Å². The maximum Gasteiger partial charge on any atom is 0.131 e. The number of benzene rings is 3. The van der Waals surface area contributed by atoms with E-state index < -0.39 is 0 Å². The molecule has 2 aromatic heterocycles. The third-order valence-electron chi connectivity index (χ3n) is 7.21. The summed E-state index contributed by atoms with van der Waals surface area (Å²) >= 11 is 0. The topological polar surface area (TPSA) is 53.2 Å². The van der Waals surface area contributed by atoms with Crippen LogP contribution in [0.25, 0.3) is 21.8 Å². The van der Waals surface area contributed by atoms with Gasteiger partial charge >= 0.3 is 0 Å². The number of pyridine rings is 1. The molecule has 36 heavy (non-hydrogen) atoms. The van der Waals surface area contributed by atoms with Gasteiger partial charge in [0.2, 0.25) is 0 Å². The van der Waals surface area contributed by atoms with E-state index in [0.717, 1.165) is 41.9 Å². The molecule has 0 radical (unpaired) electrons. The molecular weight excluding hydrogens is 444 g/mol. The van der Waals surface area contributed by atoms with E-state index in [1.54, 1.807) is 7.11 Å². The predicted molar refractivity (Wildman–Crippen MR) is 150 cm³/mol. The molecule has 0 saturated heterocycles. The minimum absolute atomic E-state index is 0.262. The average molecular weight is 479 g/mol. The van der Waals surface area contributed by atoms with E-state index in [1.807, 2.05) is 30.3 Å². The first-order valence-corrected chi connectivity index (χ1v) is 12.6. The van der Waals surface area contributed by atoms with Crippen LogP contribution in [0, 0.1) is 0 Å². The summed E-state index contributed by atoms with van der Waals surface area (Å²) in [6, 6.07) is 30.0. The minimum Gasteiger partial charge on any atom is -0.496 e. The van der Waals surface area contributed by atoms with Crippen molar-refractivity contribution in [2.24, 2.45) is 0 Å². The highest BCUT2D eigenvalue weighted by atomic mass is 16.5. The number of ether oxygens (including phenoxy) is 1. The summed E-state index contributed by atoms with van der Waals surface area (Å²) in [4.78, 5) is 10.8. The van der Waals surface area contributed by atoms with Crippen LogP contribution in [0.5, 0.6) is 5.75 Å². The van der Waals surface area contributed by atoms with E-state index in [1.165, 1.54) is 22.0 Å². The van der Waals surface area contributed by atoms with Gasteiger partial charge in [0.05, 0.1) is 12.6 Å². The van der Waals surface area contributed by atoms with Gasteiger partial charge in [-0.25, -0.2) is 4.98 Å². The molecule has 0 aliphatic rings. The highest BCUT2D eigenvalue weighted by Gasteiger charge is 2.24. The summed E-state index contributed by atoms with van der Waals surface area (Å²) in [5.41, 5.74) is 4.81. The molecule has 5 heteroatoms. The van der Waals surface area contributed by atoms with E-state index in [4.69, 9.17) is 9.72 Å². The van der Waals surface area contributed by atoms with Crippen LogP contribution in [0.2, 0.25) is 0 Å². The first kappa shape index (κ1) is 23.9. The molecule has 0 saturated carbocycles. The third-order valence-corrected chi connectivity index (χ3v) is 7.21. The van der Waals surface area contributed by atoms with Crippen molar-refractivity contribution >= 4 is 27.6 Å². The van der Waals surface area contributed by atoms with Gasteiger partial charge in [-0.15, -0.1) is 0 Å². The highest BCUT2D eigenvalue weighted by molar-refractivity contribution is 5.87. The molecule has 184 valence electrons. The lowest BCUT2D eigenvalue weighted by Crippen LogP contribution is -2.35. The van der Waals surface area contributed by atoms with Gasteiger partial charge in [0.1, 0.15) is 11.6 Å². The summed E-state index contributed by atoms with van der Waals surface area (Å²) in [6.45, 7) is 3.13. The summed E-state index contributed by atoms with van der Waals surface area (Å²) in [6.07, 6.45) is 4.13. The van der Waals surface area contributed by atoms with Gasteiger partial charge in [0.25, 0.3) is 0 Å². The van der Waals surface area contributed by atoms with Crippen LogP contribution in [0.4, 0.5) is 5.82 Å². The lowest BCUT2D eigenvalue weighted by molar-refractivity contribution is 0.179. The average Bonchev–Trinajstić information content (AvgIpc) is 3.35. The summed E-state index contributed by atoms with van der Waals surface area (Å²) in [5, 5.41) is 5.85. The Morgan fingerprint density at radius 1 is 0.944 bits per heavy atom. The Hall–Kier alpha value is -3.83. The van der Waals surface area contributed by atoms with Crippen molar-refractivity contribution in [1.82, 2.24) is 14.9 Å². The largest absolute Gasteiger partial charge is 0.496 e. The second kappa shape index (κ2) is 10.8. The number of aromatic nitrogens is 2. The maximum absolute atomic E-state index is 5.61. The van der Waals surface area contributed by atoms with Gasteiger partial charge < -0.3 is 15.0 Å². The van der Waals surface area contributed by atoms with Crippen LogP contribution in [-0.4, -0.2) is 41.6 Å². The molecule has 0 aliphatic carbocycles. The molecule has 2 atom stereocenters. The molecule has 3 aromatic carbocycles. The van der Waals surface area contributed by atoms with Gasteiger partial charge in [-0.05, 0) is 56.1 Å². The molecule has 2 unspecified atom stereocenters. The van der Waals surface area contributed by atoms with Gasteiger partial charge in [0, 0.05) is 47.2 Å². The molecule has 0 spiro atoms. The quantitative estimate of drug-likeness (QED) is 0.231. The Kier molecular flexibility index (Phi) is 7.19. The lowest BCUT2D eigenvalue weighted by Gasteiger charge is -2.33. The number of hydrogen-bond acceptors (Lipinski definition) is 4. The fraction of sp³-hybridized carbons (Fsp3) is 0.258. The first-order chi connectivity index (χ1) is 17.6. The highest BCUT2D eigenvalue weighted by Crippen LogP contribution is 2.32.